The number of aryl methyl sites for hydroxylation is 2. The van der Waals surface area contributed by atoms with Gasteiger partial charge in [0.2, 0.25) is 0 Å². The summed E-state index contributed by atoms with van der Waals surface area (Å²) in [6, 6.07) is 0. The molecule has 0 aliphatic carbocycles. The minimum atomic E-state index is 0.738. The Morgan fingerprint density at radius 3 is 2.53 bits per heavy atom. The number of hydrogen-bond acceptors (Lipinski definition) is 2. The van der Waals surface area contributed by atoms with Gasteiger partial charge in [-0.3, -0.25) is 0 Å². The molecule has 0 spiro atoms. The lowest BCUT2D eigenvalue weighted by atomic mass is 10.1. The first kappa shape index (κ1) is 12.2. The summed E-state index contributed by atoms with van der Waals surface area (Å²) in [5.41, 5.74) is 1.13. The second kappa shape index (κ2) is 5.86. The van der Waals surface area contributed by atoms with Crippen molar-refractivity contribution in [3.05, 3.63) is 33.8 Å². The van der Waals surface area contributed by atoms with Crippen molar-refractivity contribution in [2.24, 2.45) is 5.92 Å². The Balaban J connectivity index is 2.51. The van der Waals surface area contributed by atoms with Crippen LogP contribution in [-0.4, -0.2) is 4.98 Å². The Hall–Kier alpha value is -0.890. The minimum Gasteiger partial charge on any atom is -0.246 e. The largest absolute Gasteiger partial charge is 0.246 e. The molecule has 1 rings (SSSR count). The Morgan fingerprint density at radius 2 is 2.00 bits per heavy atom. The van der Waals surface area contributed by atoms with Gasteiger partial charge in [0.05, 0.1) is 15.6 Å². The first-order chi connectivity index (χ1) is 7.09. The lowest BCUT2D eigenvalue weighted by Gasteiger charge is -1.94. The third-order valence-electron chi connectivity index (χ3n) is 2.04. The van der Waals surface area contributed by atoms with Gasteiger partial charge in [-0.15, -0.1) is 11.3 Å². The summed E-state index contributed by atoms with van der Waals surface area (Å²) in [6.07, 6.45) is 9.71. The van der Waals surface area contributed by atoms with Crippen molar-refractivity contribution in [2.75, 3.05) is 0 Å². The third kappa shape index (κ3) is 4.43. The molecule has 0 unspecified atom stereocenters. The van der Waals surface area contributed by atoms with Gasteiger partial charge in [-0.1, -0.05) is 32.1 Å². The van der Waals surface area contributed by atoms with Crippen molar-refractivity contribution < 1.29 is 0 Å². The van der Waals surface area contributed by atoms with Crippen molar-refractivity contribution in [3.8, 4) is 0 Å². The van der Waals surface area contributed by atoms with Crippen LogP contribution in [0.15, 0.2) is 18.2 Å². The molecule has 1 nitrogen and oxygen atoms in total. The lowest BCUT2D eigenvalue weighted by Crippen LogP contribution is -1.80. The van der Waals surface area contributed by atoms with E-state index in [1.807, 2.05) is 6.92 Å². The zero-order valence-corrected chi connectivity index (χ0v) is 10.8. The molecule has 0 N–H and O–H groups in total. The third-order valence-corrected chi connectivity index (χ3v) is 3.08. The van der Waals surface area contributed by atoms with Crippen LogP contribution in [-0.2, 0) is 0 Å². The molecule has 0 amide bonds. The lowest BCUT2D eigenvalue weighted by molar-refractivity contribution is 0.664. The molecule has 82 valence electrons. The molecule has 0 aromatic carbocycles. The van der Waals surface area contributed by atoms with Crippen molar-refractivity contribution in [3.63, 3.8) is 0 Å². The Morgan fingerprint density at radius 1 is 1.27 bits per heavy atom. The summed E-state index contributed by atoms with van der Waals surface area (Å²) in [4.78, 5) is 5.65. The van der Waals surface area contributed by atoms with Gasteiger partial charge in [0.1, 0.15) is 0 Å². The Kier molecular flexibility index (Phi) is 4.76. The average molecular weight is 221 g/mol. The summed E-state index contributed by atoms with van der Waals surface area (Å²) >= 11 is 1.75. The van der Waals surface area contributed by atoms with Crippen molar-refractivity contribution in [1.82, 2.24) is 4.98 Å². The number of thiazole rings is 1. The molecule has 0 bridgehead atoms. The van der Waals surface area contributed by atoms with Crippen LogP contribution in [0.1, 0.15) is 35.8 Å². The van der Waals surface area contributed by atoms with Gasteiger partial charge in [-0.05, 0) is 32.3 Å². The fraction of sp³-hybridized carbons (Fsp3) is 0.462. The second-order valence-electron chi connectivity index (χ2n) is 4.10. The summed E-state index contributed by atoms with van der Waals surface area (Å²) in [5, 5.41) is 1.14. The number of allylic oxidation sites excluding steroid dienone is 3. The Bertz CT molecular complexity index is 359. The van der Waals surface area contributed by atoms with Gasteiger partial charge in [0, 0.05) is 0 Å². The molecule has 1 heterocycles. The van der Waals surface area contributed by atoms with Crippen LogP contribution in [0, 0.1) is 19.8 Å². The van der Waals surface area contributed by atoms with E-state index in [9.17, 15) is 0 Å². The summed E-state index contributed by atoms with van der Waals surface area (Å²) in [6.45, 7) is 8.56. The fourth-order valence-corrected chi connectivity index (χ4v) is 2.11. The number of nitrogens with zero attached hydrogens (tertiary/aromatic N) is 1. The summed E-state index contributed by atoms with van der Waals surface area (Å²) in [7, 11) is 0. The molecular weight excluding hydrogens is 202 g/mol. The highest BCUT2D eigenvalue weighted by molar-refractivity contribution is 7.12. The van der Waals surface area contributed by atoms with Crippen molar-refractivity contribution >= 4 is 17.4 Å². The fourth-order valence-electron chi connectivity index (χ4n) is 1.27. The second-order valence-corrected chi connectivity index (χ2v) is 5.33. The van der Waals surface area contributed by atoms with Gasteiger partial charge >= 0.3 is 0 Å². The maximum Gasteiger partial charge on any atom is 0.0903 e. The molecule has 0 fully saturated rings. The van der Waals surface area contributed by atoms with E-state index in [4.69, 9.17) is 0 Å². The van der Waals surface area contributed by atoms with Crippen LogP contribution in [0.5, 0.6) is 0 Å². The highest BCUT2D eigenvalue weighted by Gasteiger charge is 1.99. The molecular formula is C13H19NS. The van der Waals surface area contributed by atoms with E-state index < -0.39 is 0 Å². The molecule has 0 saturated carbocycles. The molecule has 15 heavy (non-hydrogen) atoms. The highest BCUT2D eigenvalue weighted by Crippen LogP contribution is 2.18. The van der Waals surface area contributed by atoms with Gasteiger partial charge < -0.3 is 0 Å². The van der Waals surface area contributed by atoms with E-state index in [-0.39, 0.29) is 0 Å². The topological polar surface area (TPSA) is 12.9 Å². The van der Waals surface area contributed by atoms with Crippen LogP contribution in [0.4, 0.5) is 0 Å². The van der Waals surface area contributed by atoms with Crippen molar-refractivity contribution in [2.45, 2.75) is 34.1 Å². The number of rotatable bonds is 4. The maximum absolute atomic E-state index is 4.38. The highest BCUT2D eigenvalue weighted by atomic mass is 32.1. The average Bonchev–Trinajstić information content (AvgIpc) is 2.44. The quantitative estimate of drug-likeness (QED) is 0.688. The normalized spacial score (nSPS) is 12.3. The van der Waals surface area contributed by atoms with Gasteiger partial charge in [0.15, 0.2) is 0 Å². The van der Waals surface area contributed by atoms with E-state index in [1.165, 1.54) is 4.88 Å². The predicted molar refractivity (Wildman–Crippen MR) is 69.2 cm³/mol. The van der Waals surface area contributed by atoms with E-state index >= 15 is 0 Å². The monoisotopic (exact) mass is 221 g/mol. The zero-order chi connectivity index (χ0) is 11.3. The molecule has 2 heteroatoms. The SMILES string of the molecule is Cc1nc(C)c(C=CC=CCC(C)C)s1. The van der Waals surface area contributed by atoms with E-state index in [0.29, 0.717) is 0 Å². The molecule has 0 aliphatic rings. The number of aromatic nitrogens is 1. The van der Waals surface area contributed by atoms with Crippen LogP contribution in [0.2, 0.25) is 0 Å². The summed E-state index contributed by atoms with van der Waals surface area (Å²) < 4.78 is 0. The van der Waals surface area contributed by atoms with Crippen LogP contribution < -0.4 is 0 Å². The van der Waals surface area contributed by atoms with Gasteiger partial charge in [0.25, 0.3) is 0 Å². The minimum absolute atomic E-state index is 0.738. The number of hydrogen-bond donors (Lipinski definition) is 0. The van der Waals surface area contributed by atoms with Crippen LogP contribution in [0.3, 0.4) is 0 Å². The molecule has 0 saturated heterocycles. The first-order valence-corrected chi connectivity index (χ1v) is 6.18. The van der Waals surface area contributed by atoms with E-state index in [1.54, 1.807) is 11.3 Å². The molecule has 0 atom stereocenters. The van der Waals surface area contributed by atoms with E-state index in [0.717, 1.165) is 23.0 Å². The zero-order valence-electron chi connectivity index (χ0n) is 9.95. The standard InChI is InChI=1S/C13H19NS/c1-10(2)8-6-5-7-9-13-11(3)14-12(4)15-13/h5-7,9-10H,8H2,1-4H3. The van der Waals surface area contributed by atoms with Crippen LogP contribution in [0.25, 0.3) is 6.08 Å². The smallest absolute Gasteiger partial charge is 0.0903 e. The van der Waals surface area contributed by atoms with Crippen molar-refractivity contribution in [1.29, 1.82) is 0 Å². The molecule has 0 radical (unpaired) electrons. The van der Waals surface area contributed by atoms with E-state index in [2.05, 4.69) is 50.1 Å². The van der Waals surface area contributed by atoms with Crippen LogP contribution >= 0.6 is 11.3 Å². The predicted octanol–water partition coefficient (Wildman–Crippen LogP) is 4.38. The maximum atomic E-state index is 4.38. The molecule has 1 aromatic heterocycles. The summed E-state index contributed by atoms with van der Waals surface area (Å²) in [5.74, 6) is 0.738. The molecule has 1 aromatic rings. The Labute approximate surface area is 96.6 Å². The molecule has 0 aliphatic heterocycles. The first-order valence-electron chi connectivity index (χ1n) is 5.37. The van der Waals surface area contributed by atoms with Gasteiger partial charge in [-0.25, -0.2) is 4.98 Å². The van der Waals surface area contributed by atoms with Gasteiger partial charge in [-0.2, -0.15) is 0 Å².